The highest BCUT2D eigenvalue weighted by molar-refractivity contribution is 5.87. The molecule has 1 N–H and O–H groups in total. The Morgan fingerprint density at radius 3 is 2.62 bits per heavy atom. The number of carbonyl (C=O) groups excluding carboxylic acids is 1. The molecule has 0 aromatic rings. The summed E-state index contributed by atoms with van der Waals surface area (Å²) in [5.41, 5.74) is 0.0635. The van der Waals surface area contributed by atoms with Gasteiger partial charge >= 0.3 is 5.97 Å². The van der Waals surface area contributed by atoms with Crippen LogP contribution in [0, 0.1) is 46.3 Å². The van der Waals surface area contributed by atoms with E-state index >= 15 is 0 Å². The Kier molecular flexibility index (Phi) is 5.63. The van der Waals surface area contributed by atoms with Gasteiger partial charge in [0.25, 0.3) is 0 Å². The van der Waals surface area contributed by atoms with Gasteiger partial charge in [-0.05, 0) is 92.3 Å². The smallest absolute Gasteiger partial charge is 0.303 e. The standard InChI is InChI=1S/C25H40O4/c1-15(5-10-23(27)28)19-8-9-20-18-7-6-16-13-17(29-4)11-12-24(16,2)21(18)14-22(26)25(19,20)3/h15-21H,5-14H2,1-4H3,(H,27,28)/t15-,16+,17+,18-,19+,20-,21-,24+,25-/m1/s1. The Morgan fingerprint density at radius 2 is 1.93 bits per heavy atom. The Morgan fingerprint density at radius 1 is 1.17 bits per heavy atom. The van der Waals surface area contributed by atoms with Gasteiger partial charge < -0.3 is 9.84 Å². The van der Waals surface area contributed by atoms with Gasteiger partial charge in [0.1, 0.15) is 5.78 Å². The molecule has 0 unspecified atom stereocenters. The maximum Gasteiger partial charge on any atom is 0.303 e. The Labute approximate surface area is 176 Å². The Balaban J connectivity index is 1.56. The van der Waals surface area contributed by atoms with Crippen LogP contribution in [-0.4, -0.2) is 30.1 Å². The largest absolute Gasteiger partial charge is 0.481 e. The molecule has 0 bridgehead atoms. The van der Waals surface area contributed by atoms with Crippen LogP contribution in [0.3, 0.4) is 0 Å². The minimum atomic E-state index is -0.718. The second-order valence-corrected chi connectivity index (χ2v) is 11.3. The number of rotatable bonds is 5. The molecule has 0 spiro atoms. The zero-order valence-electron chi connectivity index (χ0n) is 18.8. The summed E-state index contributed by atoms with van der Waals surface area (Å²) < 4.78 is 5.70. The van der Waals surface area contributed by atoms with Crippen molar-refractivity contribution < 1.29 is 19.4 Å². The molecule has 0 amide bonds. The van der Waals surface area contributed by atoms with Crippen LogP contribution in [0.4, 0.5) is 0 Å². The maximum atomic E-state index is 13.7. The molecule has 4 aliphatic carbocycles. The van der Waals surface area contributed by atoms with Gasteiger partial charge in [0.15, 0.2) is 0 Å². The predicted molar refractivity (Wildman–Crippen MR) is 112 cm³/mol. The molecule has 4 rings (SSSR count). The lowest BCUT2D eigenvalue weighted by Crippen LogP contribution is -2.57. The van der Waals surface area contributed by atoms with Crippen LogP contribution in [0.25, 0.3) is 0 Å². The molecule has 0 radical (unpaired) electrons. The van der Waals surface area contributed by atoms with Crippen molar-refractivity contribution in [3.05, 3.63) is 0 Å². The summed E-state index contributed by atoms with van der Waals surface area (Å²) in [5, 5.41) is 9.11. The van der Waals surface area contributed by atoms with Gasteiger partial charge in [-0.15, -0.1) is 0 Å². The first-order valence-electron chi connectivity index (χ1n) is 12.0. The second-order valence-electron chi connectivity index (χ2n) is 11.3. The SMILES string of the molecule is CO[C@H]1CC[C@@]2(C)[C@@H](CC[C@H]3[C@H]2CC(=O)[C@@]2(C)[C@@H]3CC[C@H]2[C@H](C)CCC(=O)O)C1. The van der Waals surface area contributed by atoms with E-state index in [0.29, 0.717) is 59.2 Å². The van der Waals surface area contributed by atoms with Crippen molar-refractivity contribution in [2.24, 2.45) is 46.3 Å². The number of ketones is 1. The van der Waals surface area contributed by atoms with E-state index in [0.717, 1.165) is 25.7 Å². The van der Waals surface area contributed by atoms with Gasteiger partial charge in [-0.3, -0.25) is 9.59 Å². The molecule has 0 aromatic heterocycles. The summed E-state index contributed by atoms with van der Waals surface area (Å²) >= 11 is 0. The van der Waals surface area contributed by atoms with E-state index in [1.807, 2.05) is 7.11 Å². The van der Waals surface area contributed by atoms with Crippen LogP contribution in [0.15, 0.2) is 0 Å². The van der Waals surface area contributed by atoms with Gasteiger partial charge in [-0.25, -0.2) is 0 Å². The van der Waals surface area contributed by atoms with Crippen LogP contribution in [0.2, 0.25) is 0 Å². The lowest BCUT2D eigenvalue weighted by atomic mass is 9.44. The number of carbonyl (C=O) groups is 2. The Hall–Kier alpha value is -0.900. The third-order valence-corrected chi connectivity index (χ3v) is 10.4. The molecule has 9 atom stereocenters. The van der Waals surface area contributed by atoms with E-state index < -0.39 is 5.97 Å². The van der Waals surface area contributed by atoms with E-state index in [-0.39, 0.29) is 11.8 Å². The fourth-order valence-corrected chi connectivity index (χ4v) is 8.63. The number of aliphatic carboxylic acids is 1. The monoisotopic (exact) mass is 404 g/mol. The van der Waals surface area contributed by atoms with Gasteiger partial charge in [0.2, 0.25) is 0 Å². The molecular formula is C25H40O4. The van der Waals surface area contributed by atoms with Crippen molar-refractivity contribution in [3.8, 4) is 0 Å². The number of hydrogen-bond donors (Lipinski definition) is 1. The van der Waals surface area contributed by atoms with Crippen LogP contribution in [-0.2, 0) is 14.3 Å². The Bertz CT molecular complexity index is 659. The highest BCUT2D eigenvalue weighted by atomic mass is 16.5. The predicted octanol–water partition coefficient (Wildman–Crippen LogP) is 5.34. The molecule has 0 aliphatic heterocycles. The van der Waals surface area contributed by atoms with E-state index in [2.05, 4.69) is 20.8 Å². The van der Waals surface area contributed by atoms with E-state index in [1.54, 1.807) is 0 Å². The fraction of sp³-hybridized carbons (Fsp3) is 0.920. The highest BCUT2D eigenvalue weighted by Gasteiger charge is 2.63. The van der Waals surface area contributed by atoms with Crippen molar-refractivity contribution in [2.45, 2.75) is 91.1 Å². The lowest BCUT2D eigenvalue weighted by Gasteiger charge is -2.60. The molecule has 164 valence electrons. The summed E-state index contributed by atoms with van der Waals surface area (Å²) in [6.45, 7) is 6.92. The van der Waals surface area contributed by atoms with E-state index in [1.165, 1.54) is 25.7 Å². The quantitative estimate of drug-likeness (QED) is 0.672. The van der Waals surface area contributed by atoms with Crippen LogP contribution in [0.5, 0.6) is 0 Å². The molecular weight excluding hydrogens is 364 g/mol. The molecule has 4 fully saturated rings. The van der Waals surface area contributed by atoms with Crippen LogP contribution >= 0.6 is 0 Å². The van der Waals surface area contributed by atoms with Crippen molar-refractivity contribution in [3.63, 3.8) is 0 Å². The number of Topliss-reactive ketones (excluding diaryl/α,β-unsaturated/α-hetero) is 1. The minimum absolute atomic E-state index is 0.221. The highest BCUT2D eigenvalue weighted by Crippen LogP contribution is 2.67. The maximum absolute atomic E-state index is 13.7. The summed E-state index contributed by atoms with van der Waals surface area (Å²) in [7, 11) is 1.85. The first kappa shape index (κ1) is 21.3. The number of carboxylic acids is 1. The van der Waals surface area contributed by atoms with Crippen molar-refractivity contribution in [1.29, 1.82) is 0 Å². The number of ether oxygens (including phenoxy) is 1. The third kappa shape index (κ3) is 3.28. The normalized spacial score (nSPS) is 47.8. The first-order chi connectivity index (χ1) is 13.7. The molecule has 4 nitrogen and oxygen atoms in total. The van der Waals surface area contributed by atoms with Crippen molar-refractivity contribution in [1.82, 2.24) is 0 Å². The van der Waals surface area contributed by atoms with Crippen molar-refractivity contribution >= 4 is 11.8 Å². The molecule has 4 heteroatoms. The molecule has 0 heterocycles. The number of carboxylic acid groups (broad SMARTS) is 1. The second kappa shape index (κ2) is 7.66. The number of hydrogen-bond acceptors (Lipinski definition) is 3. The van der Waals surface area contributed by atoms with E-state index in [9.17, 15) is 9.59 Å². The number of methoxy groups -OCH3 is 1. The van der Waals surface area contributed by atoms with Gasteiger partial charge in [0.05, 0.1) is 6.10 Å². The molecule has 0 aromatic carbocycles. The molecule has 4 aliphatic rings. The molecule has 4 saturated carbocycles. The summed E-state index contributed by atoms with van der Waals surface area (Å²) in [5.74, 6) is 2.86. The molecule has 29 heavy (non-hydrogen) atoms. The summed E-state index contributed by atoms with van der Waals surface area (Å²) in [4.78, 5) is 24.8. The van der Waals surface area contributed by atoms with Gasteiger partial charge in [0, 0.05) is 25.4 Å². The summed E-state index contributed by atoms with van der Waals surface area (Å²) in [6.07, 6.45) is 10.4. The fourth-order valence-electron chi connectivity index (χ4n) is 8.63. The van der Waals surface area contributed by atoms with Crippen LogP contribution in [0.1, 0.15) is 85.0 Å². The summed E-state index contributed by atoms with van der Waals surface area (Å²) in [6, 6.07) is 0. The first-order valence-corrected chi connectivity index (χ1v) is 12.0. The number of fused-ring (bicyclic) bond motifs is 5. The topological polar surface area (TPSA) is 63.6 Å². The van der Waals surface area contributed by atoms with Crippen LogP contribution < -0.4 is 0 Å². The minimum Gasteiger partial charge on any atom is -0.481 e. The average Bonchev–Trinajstić information content (AvgIpc) is 3.05. The third-order valence-electron chi connectivity index (χ3n) is 10.4. The van der Waals surface area contributed by atoms with Gasteiger partial charge in [-0.2, -0.15) is 0 Å². The van der Waals surface area contributed by atoms with E-state index in [4.69, 9.17) is 9.84 Å². The van der Waals surface area contributed by atoms with Crippen molar-refractivity contribution in [2.75, 3.05) is 7.11 Å². The zero-order valence-corrected chi connectivity index (χ0v) is 18.8. The zero-order chi connectivity index (χ0) is 21.0. The molecule has 0 saturated heterocycles. The lowest BCUT2D eigenvalue weighted by molar-refractivity contribution is -0.161. The van der Waals surface area contributed by atoms with Gasteiger partial charge in [-0.1, -0.05) is 20.8 Å². The average molecular weight is 405 g/mol.